The van der Waals surface area contributed by atoms with Crippen LogP contribution in [0, 0.1) is 0 Å². The second-order valence-corrected chi connectivity index (χ2v) is 11.0. The maximum absolute atomic E-state index is 12.9. The first-order chi connectivity index (χ1) is 14.5. The second kappa shape index (κ2) is 9.60. The van der Waals surface area contributed by atoms with Crippen molar-refractivity contribution in [1.29, 1.82) is 0 Å². The molecule has 0 aliphatic carbocycles. The number of hydrogen-bond acceptors (Lipinski definition) is 5. The number of amides is 1. The van der Waals surface area contributed by atoms with Gasteiger partial charge in [0.15, 0.2) is 0 Å². The molecule has 1 N–H and O–H groups in total. The van der Waals surface area contributed by atoms with Crippen LogP contribution in [0.25, 0.3) is 0 Å². The Balaban J connectivity index is 1.36. The molecular formula is C22H29N3O3S2. The van der Waals surface area contributed by atoms with Gasteiger partial charge in [-0.3, -0.25) is 9.69 Å². The number of rotatable bonds is 6. The molecule has 8 heteroatoms. The van der Waals surface area contributed by atoms with Crippen molar-refractivity contribution in [2.75, 3.05) is 31.5 Å². The van der Waals surface area contributed by atoms with Crippen LogP contribution in [-0.4, -0.2) is 49.7 Å². The zero-order valence-electron chi connectivity index (χ0n) is 17.1. The quantitative estimate of drug-likeness (QED) is 0.724. The average Bonchev–Trinajstić information content (AvgIpc) is 3.33. The molecule has 2 aliphatic rings. The lowest BCUT2D eigenvalue weighted by molar-refractivity contribution is -0.117. The Hall–Kier alpha value is -1.74. The Labute approximate surface area is 182 Å². The molecule has 0 radical (unpaired) electrons. The number of hydrogen-bond donors (Lipinski definition) is 1. The number of sulfonamides is 1. The van der Waals surface area contributed by atoms with E-state index >= 15 is 0 Å². The minimum absolute atomic E-state index is 0.0680. The van der Waals surface area contributed by atoms with Crippen LogP contribution in [0.4, 0.5) is 5.69 Å². The Bertz CT molecular complexity index is 935. The maximum Gasteiger partial charge on any atom is 0.243 e. The predicted octanol–water partition coefficient (Wildman–Crippen LogP) is 4.09. The van der Waals surface area contributed by atoms with Crippen molar-refractivity contribution >= 4 is 33.0 Å². The van der Waals surface area contributed by atoms with E-state index in [1.807, 2.05) is 0 Å². The van der Waals surface area contributed by atoms with Crippen LogP contribution in [0.1, 0.15) is 49.4 Å². The minimum atomic E-state index is -3.47. The van der Waals surface area contributed by atoms with Crippen LogP contribution in [0.15, 0.2) is 46.7 Å². The average molecular weight is 448 g/mol. The molecule has 4 rings (SSSR count). The first-order valence-corrected chi connectivity index (χ1v) is 13.0. The molecule has 2 aliphatic heterocycles. The SMILES string of the molecule is O=C(CN1CCC[C@@H]1c1cccs1)Nc1ccc(S(=O)(=O)N2CCCCCC2)cc1. The Morgan fingerprint density at radius 2 is 1.73 bits per heavy atom. The van der Waals surface area contributed by atoms with Gasteiger partial charge >= 0.3 is 0 Å². The van der Waals surface area contributed by atoms with Crippen LogP contribution < -0.4 is 5.32 Å². The highest BCUT2D eigenvalue weighted by Gasteiger charge is 2.28. The molecular weight excluding hydrogens is 418 g/mol. The minimum Gasteiger partial charge on any atom is -0.325 e. The van der Waals surface area contributed by atoms with E-state index in [-0.39, 0.29) is 5.91 Å². The van der Waals surface area contributed by atoms with E-state index in [1.165, 1.54) is 4.88 Å². The largest absolute Gasteiger partial charge is 0.325 e. The summed E-state index contributed by atoms with van der Waals surface area (Å²) in [6.45, 7) is 2.43. The third-order valence-corrected chi connectivity index (χ3v) is 8.81. The molecule has 1 atom stereocenters. The zero-order valence-corrected chi connectivity index (χ0v) is 18.8. The monoisotopic (exact) mass is 447 g/mol. The van der Waals surface area contributed by atoms with E-state index in [4.69, 9.17) is 0 Å². The third-order valence-electron chi connectivity index (χ3n) is 5.92. The fourth-order valence-corrected chi connectivity index (χ4v) is 6.76. The number of nitrogens with one attached hydrogen (secondary N) is 1. The molecule has 0 saturated carbocycles. The number of thiophene rings is 1. The van der Waals surface area contributed by atoms with Crippen LogP contribution in [0.5, 0.6) is 0 Å². The molecule has 2 fully saturated rings. The lowest BCUT2D eigenvalue weighted by Crippen LogP contribution is -2.33. The molecule has 2 saturated heterocycles. The highest BCUT2D eigenvalue weighted by atomic mass is 32.2. The standard InChI is InChI=1S/C22H29N3O3S2/c26-22(17-24-13-5-7-20(24)21-8-6-16-29-21)23-18-9-11-19(12-10-18)30(27,28)25-14-3-1-2-4-15-25/h6,8-12,16,20H,1-5,7,13-15,17H2,(H,23,26)/t20-/m1/s1. The summed E-state index contributed by atoms with van der Waals surface area (Å²) in [5, 5.41) is 4.99. The van der Waals surface area contributed by atoms with Gasteiger partial charge in [-0.15, -0.1) is 11.3 Å². The lowest BCUT2D eigenvalue weighted by Gasteiger charge is -2.23. The van der Waals surface area contributed by atoms with Gasteiger partial charge in [0.2, 0.25) is 15.9 Å². The van der Waals surface area contributed by atoms with Crippen LogP contribution in [-0.2, 0) is 14.8 Å². The second-order valence-electron chi connectivity index (χ2n) is 8.03. The Kier molecular flexibility index (Phi) is 6.87. The van der Waals surface area contributed by atoms with Gasteiger partial charge in [0.25, 0.3) is 0 Å². The van der Waals surface area contributed by atoms with Crippen molar-refractivity contribution in [3.63, 3.8) is 0 Å². The number of benzene rings is 1. The molecule has 6 nitrogen and oxygen atoms in total. The Morgan fingerprint density at radius 3 is 2.40 bits per heavy atom. The molecule has 2 aromatic rings. The molecule has 0 unspecified atom stereocenters. The van der Waals surface area contributed by atoms with Crippen molar-refractivity contribution in [2.24, 2.45) is 0 Å². The van der Waals surface area contributed by atoms with Crippen LogP contribution in [0.2, 0.25) is 0 Å². The van der Waals surface area contributed by atoms with Gasteiger partial charge in [-0.25, -0.2) is 8.42 Å². The fraction of sp³-hybridized carbons (Fsp3) is 0.500. The summed E-state index contributed by atoms with van der Waals surface area (Å²) in [6.07, 6.45) is 6.17. The first kappa shape index (κ1) is 21.5. The highest BCUT2D eigenvalue weighted by molar-refractivity contribution is 7.89. The molecule has 1 aromatic heterocycles. The van der Waals surface area contributed by atoms with Crippen LogP contribution in [0.3, 0.4) is 0 Å². The summed E-state index contributed by atoms with van der Waals surface area (Å²) >= 11 is 1.74. The van der Waals surface area contributed by atoms with Crippen molar-refractivity contribution < 1.29 is 13.2 Å². The van der Waals surface area contributed by atoms with Gasteiger partial charge in [0.1, 0.15) is 0 Å². The van der Waals surface area contributed by atoms with Gasteiger partial charge in [-0.05, 0) is 67.9 Å². The smallest absolute Gasteiger partial charge is 0.243 e. The number of carbonyl (C=O) groups excluding carboxylic acids is 1. The van der Waals surface area contributed by atoms with Crippen LogP contribution >= 0.6 is 11.3 Å². The van der Waals surface area contributed by atoms with E-state index in [0.29, 0.717) is 36.3 Å². The number of carbonyl (C=O) groups is 1. The summed E-state index contributed by atoms with van der Waals surface area (Å²) in [6, 6.07) is 11.1. The summed E-state index contributed by atoms with van der Waals surface area (Å²) in [7, 11) is -3.47. The van der Waals surface area contributed by atoms with Gasteiger partial charge in [0.05, 0.1) is 11.4 Å². The van der Waals surface area contributed by atoms with Gasteiger partial charge in [-0.2, -0.15) is 4.31 Å². The normalized spacial score (nSPS) is 21.4. The summed E-state index contributed by atoms with van der Waals surface area (Å²) in [5.74, 6) is -0.0680. The molecule has 3 heterocycles. The lowest BCUT2D eigenvalue weighted by atomic mass is 10.2. The van der Waals surface area contributed by atoms with Crippen molar-refractivity contribution in [3.05, 3.63) is 46.7 Å². The van der Waals surface area contributed by atoms with Gasteiger partial charge < -0.3 is 5.32 Å². The molecule has 0 spiro atoms. The van der Waals surface area contributed by atoms with Crippen molar-refractivity contribution in [1.82, 2.24) is 9.21 Å². The van der Waals surface area contributed by atoms with Crippen molar-refractivity contribution in [3.8, 4) is 0 Å². The first-order valence-electron chi connectivity index (χ1n) is 10.7. The maximum atomic E-state index is 12.9. The summed E-state index contributed by atoms with van der Waals surface area (Å²) in [4.78, 5) is 16.4. The summed E-state index contributed by atoms with van der Waals surface area (Å²) in [5.41, 5.74) is 0.627. The van der Waals surface area contributed by atoms with E-state index in [0.717, 1.165) is 45.1 Å². The summed E-state index contributed by atoms with van der Waals surface area (Å²) < 4.78 is 27.4. The van der Waals surface area contributed by atoms with Gasteiger partial charge in [-0.1, -0.05) is 18.9 Å². The van der Waals surface area contributed by atoms with E-state index in [1.54, 1.807) is 39.9 Å². The molecule has 162 valence electrons. The van der Waals surface area contributed by atoms with E-state index in [9.17, 15) is 13.2 Å². The number of nitrogens with zero attached hydrogens (tertiary/aromatic N) is 2. The molecule has 0 bridgehead atoms. The predicted molar refractivity (Wildman–Crippen MR) is 120 cm³/mol. The third kappa shape index (κ3) is 4.94. The molecule has 1 amide bonds. The fourth-order valence-electron chi connectivity index (χ4n) is 4.34. The topological polar surface area (TPSA) is 69.7 Å². The molecule has 1 aromatic carbocycles. The van der Waals surface area contributed by atoms with Gasteiger partial charge in [0, 0.05) is 29.7 Å². The van der Waals surface area contributed by atoms with E-state index in [2.05, 4.69) is 27.7 Å². The molecule has 30 heavy (non-hydrogen) atoms. The van der Waals surface area contributed by atoms with Crippen molar-refractivity contribution in [2.45, 2.75) is 49.5 Å². The zero-order chi connectivity index (χ0) is 21.0. The number of likely N-dealkylation sites (tertiary alicyclic amines) is 1. The Morgan fingerprint density at radius 1 is 1.00 bits per heavy atom. The van der Waals surface area contributed by atoms with E-state index < -0.39 is 10.0 Å². The highest BCUT2D eigenvalue weighted by Crippen LogP contribution is 2.34. The number of anilines is 1.